The molecule has 0 spiro atoms. The van der Waals surface area contributed by atoms with Crippen LogP contribution in [-0.2, 0) is 16.2 Å². The maximum atomic E-state index is 9.68. The molecule has 0 aliphatic carbocycles. The molecular weight excluding hydrogens is 1490 g/mol. The molecule has 0 N–H and O–H groups in total. The maximum absolute atomic E-state index is 9.68. The standard InChI is InChI=1S/C38H26N6.2C35H24N4/c1-38(2)31-21-25(23-39)13-19-33(31)44(34-20-14-26(24-40)22-32(34)38)30-17-15-29(16-18-30)37-42-35(27-9-5-3-6-10-27)41-36(43-37)28-11-7-4-8-12-28;1-35(2)29-18-23(21-36)14-16-33(29)39(34-17-15-24(22-37)19-30(34)35)26-9-7-8-25(20-26)38-31-12-5-3-10-27(31)28-11-4-6-13-32(28)38;1-35(2)29-19-23(21-36)11-17-33(29)39(34-18-12-24(22-37)20-30(34)35)26-15-13-25(14-16-26)38-31-9-5-3-7-27(31)28-8-4-6-10-32(28)38/h3-22H,1-2H3;2*3-20H,1-2H3. The van der Waals surface area contributed by atoms with Crippen LogP contribution in [-0.4, -0.2) is 24.1 Å². The van der Waals surface area contributed by atoms with Crippen molar-refractivity contribution >= 4 is 94.8 Å². The van der Waals surface area contributed by atoms with E-state index in [1.165, 1.54) is 32.6 Å². The Balaban J connectivity index is 0.000000121. The van der Waals surface area contributed by atoms with Gasteiger partial charge >= 0.3 is 0 Å². The summed E-state index contributed by atoms with van der Waals surface area (Å²) in [5.41, 5.74) is 27.5. The molecule has 0 fully saturated rings. The van der Waals surface area contributed by atoms with Crippen LogP contribution in [0.3, 0.4) is 0 Å². The lowest BCUT2D eigenvalue weighted by atomic mass is 9.72. The van der Waals surface area contributed by atoms with E-state index in [0.29, 0.717) is 50.9 Å². The van der Waals surface area contributed by atoms with Crippen molar-refractivity contribution < 1.29 is 0 Å². The van der Waals surface area contributed by atoms with Gasteiger partial charge in [-0.05, 0) is 234 Å². The minimum atomic E-state index is -0.409. The highest BCUT2D eigenvalue weighted by Gasteiger charge is 2.41. The van der Waals surface area contributed by atoms with Crippen molar-refractivity contribution in [2.45, 2.75) is 57.8 Å². The van der Waals surface area contributed by atoms with Gasteiger partial charge < -0.3 is 23.8 Å². The first-order valence-electron chi connectivity index (χ1n) is 40.3. The van der Waals surface area contributed by atoms with E-state index in [1.807, 2.05) is 182 Å². The van der Waals surface area contributed by atoms with Crippen molar-refractivity contribution in [3.63, 3.8) is 0 Å². The topological polar surface area (TPSA) is 201 Å². The summed E-state index contributed by atoms with van der Waals surface area (Å²) < 4.78 is 4.63. The molecule has 3 aromatic heterocycles. The van der Waals surface area contributed by atoms with Crippen molar-refractivity contribution in [1.29, 1.82) is 31.6 Å². The number of hydrogen-bond donors (Lipinski definition) is 0. The van der Waals surface area contributed by atoms with Gasteiger partial charge in [0.1, 0.15) is 0 Å². The molecule has 0 atom stereocenters. The van der Waals surface area contributed by atoms with Gasteiger partial charge in [0, 0.05) is 82.9 Å². The summed E-state index contributed by atoms with van der Waals surface area (Å²) in [6.07, 6.45) is 0. The second-order valence-corrected chi connectivity index (χ2v) is 32.3. The zero-order valence-corrected chi connectivity index (χ0v) is 67.6. The monoisotopic (exact) mass is 1570 g/mol. The third-order valence-electron chi connectivity index (χ3n) is 24.2. The SMILES string of the molecule is CC1(C)c2cc(C#N)ccc2N(c2ccc(-c3nc(-c4ccccc4)nc(-c4ccccc4)n3)cc2)c2ccc(C#N)cc21.CC1(C)c2cc(C#N)ccc2N(c2ccc(-n3c4ccccc4c4ccccc43)cc2)c2ccc(C#N)cc21.CC1(C)c2cc(C#N)ccc2N(c2cccc(-n3c4ccccc4c4ccccc43)c2)c2ccc(C#N)cc21. The van der Waals surface area contributed by atoms with E-state index in [9.17, 15) is 31.6 Å². The zero-order chi connectivity index (χ0) is 83.7. The summed E-state index contributed by atoms with van der Waals surface area (Å²) in [5.74, 6) is 1.81. The van der Waals surface area contributed by atoms with Crippen molar-refractivity contribution in [1.82, 2.24) is 24.1 Å². The van der Waals surface area contributed by atoms with E-state index in [1.54, 1.807) is 0 Å². The Morgan fingerprint density at radius 2 is 0.451 bits per heavy atom. The quantitative estimate of drug-likeness (QED) is 0.140. The summed E-state index contributed by atoms with van der Waals surface area (Å²) in [4.78, 5) is 21.3. The summed E-state index contributed by atoms with van der Waals surface area (Å²) >= 11 is 0. The summed E-state index contributed by atoms with van der Waals surface area (Å²) in [6.45, 7) is 12.9. The van der Waals surface area contributed by atoms with Crippen LogP contribution in [0.5, 0.6) is 0 Å². The lowest BCUT2D eigenvalue weighted by Crippen LogP contribution is -2.31. The molecule has 122 heavy (non-hydrogen) atoms. The molecule has 0 amide bonds. The van der Waals surface area contributed by atoms with Gasteiger partial charge in [0.2, 0.25) is 0 Å². The molecule has 3 aliphatic heterocycles. The van der Waals surface area contributed by atoms with Crippen LogP contribution in [0.15, 0.2) is 340 Å². The van der Waals surface area contributed by atoms with Gasteiger partial charge in [0.25, 0.3) is 0 Å². The Morgan fingerprint density at radius 1 is 0.213 bits per heavy atom. The largest absolute Gasteiger partial charge is 0.310 e. The third kappa shape index (κ3) is 12.7. The first kappa shape index (κ1) is 75.3. The average molecular weight is 1570 g/mol. The maximum Gasteiger partial charge on any atom is 0.164 e. The van der Waals surface area contributed by atoms with E-state index in [2.05, 4.69) is 260 Å². The van der Waals surface area contributed by atoms with Crippen LogP contribution in [0.25, 0.3) is 89.2 Å². The highest BCUT2D eigenvalue weighted by molar-refractivity contribution is 6.10. The zero-order valence-electron chi connectivity index (χ0n) is 67.6. The van der Waals surface area contributed by atoms with Crippen LogP contribution < -0.4 is 14.7 Å². The van der Waals surface area contributed by atoms with Gasteiger partial charge in [0.15, 0.2) is 17.5 Å². The number of anilines is 9. The smallest absolute Gasteiger partial charge is 0.164 e. The normalized spacial score (nSPS) is 13.3. The predicted molar refractivity (Wildman–Crippen MR) is 486 cm³/mol. The van der Waals surface area contributed by atoms with Crippen LogP contribution in [0.4, 0.5) is 51.2 Å². The summed E-state index contributed by atoms with van der Waals surface area (Å²) in [5, 5.41) is 62.9. The predicted octanol–water partition coefficient (Wildman–Crippen LogP) is 26.0. The van der Waals surface area contributed by atoms with E-state index >= 15 is 0 Å². The fourth-order valence-electron chi connectivity index (χ4n) is 18.1. The highest BCUT2D eigenvalue weighted by atomic mass is 15.2. The van der Waals surface area contributed by atoms with E-state index in [0.717, 1.165) is 124 Å². The van der Waals surface area contributed by atoms with Crippen molar-refractivity contribution in [3.8, 4) is 82.0 Å². The van der Waals surface area contributed by atoms with Crippen molar-refractivity contribution in [2.24, 2.45) is 0 Å². The molecule has 14 nitrogen and oxygen atoms in total. The minimum absolute atomic E-state index is 0.371. The van der Waals surface area contributed by atoms with Crippen LogP contribution in [0.2, 0.25) is 0 Å². The molecule has 0 bridgehead atoms. The molecule has 0 radical (unpaired) electrons. The molecule has 576 valence electrons. The first-order chi connectivity index (χ1) is 59.5. The number of rotatable bonds is 8. The van der Waals surface area contributed by atoms with E-state index in [4.69, 9.17) is 15.0 Å². The van der Waals surface area contributed by atoms with Gasteiger partial charge in [-0.1, -0.05) is 181 Å². The average Bonchev–Trinajstić information content (AvgIpc) is 1.24. The number of fused-ring (bicyclic) bond motifs is 12. The molecule has 0 unspecified atom stereocenters. The number of hydrogen-bond acceptors (Lipinski definition) is 12. The fourth-order valence-corrected chi connectivity index (χ4v) is 18.1. The Morgan fingerprint density at radius 3 is 0.746 bits per heavy atom. The summed E-state index contributed by atoms with van der Waals surface area (Å²) in [6, 6.07) is 128. The molecule has 3 aliphatic rings. The number of benzene rings is 15. The minimum Gasteiger partial charge on any atom is -0.310 e. The first-order valence-corrected chi connectivity index (χ1v) is 40.3. The molecule has 15 aromatic carbocycles. The lowest BCUT2D eigenvalue weighted by molar-refractivity contribution is 0.631. The van der Waals surface area contributed by atoms with Gasteiger partial charge in [-0.2, -0.15) is 31.6 Å². The molecule has 14 heteroatoms. The number of nitrogens with zero attached hydrogens (tertiary/aromatic N) is 14. The van der Waals surface area contributed by atoms with E-state index in [-0.39, 0.29) is 10.8 Å². The summed E-state index contributed by atoms with van der Waals surface area (Å²) in [7, 11) is 0. The number of aromatic nitrogens is 5. The Kier molecular flexibility index (Phi) is 18.6. The van der Waals surface area contributed by atoms with Gasteiger partial charge in [-0.3, -0.25) is 0 Å². The van der Waals surface area contributed by atoms with E-state index < -0.39 is 5.41 Å². The van der Waals surface area contributed by atoms with Gasteiger partial charge in [-0.25, -0.2) is 15.0 Å². The number of nitriles is 6. The molecule has 0 saturated carbocycles. The van der Waals surface area contributed by atoms with Crippen LogP contribution >= 0.6 is 0 Å². The fraction of sp³-hybridized carbons (Fsp3) is 0.0833. The highest BCUT2D eigenvalue weighted by Crippen LogP contribution is 2.56. The lowest BCUT2D eigenvalue weighted by Gasteiger charge is -2.42. The second-order valence-electron chi connectivity index (χ2n) is 32.3. The molecule has 21 rings (SSSR count). The number of para-hydroxylation sites is 4. The Labute approximate surface area is 707 Å². The molecule has 6 heterocycles. The second kappa shape index (κ2) is 30.1. The van der Waals surface area contributed by atoms with Gasteiger partial charge in [0.05, 0.1) is 126 Å². The van der Waals surface area contributed by atoms with Crippen molar-refractivity contribution in [2.75, 3.05) is 14.7 Å². The van der Waals surface area contributed by atoms with Crippen LogP contribution in [0, 0.1) is 68.0 Å². The molecule has 0 saturated heterocycles. The Hall–Kier alpha value is -16.8. The molecular formula is C108H74N14. The van der Waals surface area contributed by atoms with Crippen LogP contribution in [0.1, 0.15) is 108 Å². The van der Waals surface area contributed by atoms with Gasteiger partial charge in [-0.15, -0.1) is 0 Å². The van der Waals surface area contributed by atoms with Crippen molar-refractivity contribution in [3.05, 3.63) is 406 Å². The third-order valence-corrected chi connectivity index (χ3v) is 24.2. The molecule has 18 aromatic rings. The Bertz CT molecular complexity index is 7210.